The molecule has 1 aliphatic heterocycles. The number of hydrogen-bond donors (Lipinski definition) is 0. The molecule has 96 valence electrons. The predicted molar refractivity (Wildman–Crippen MR) is 74.2 cm³/mol. The smallest absolute Gasteiger partial charge is 0.223 e. The van der Waals surface area contributed by atoms with Crippen molar-refractivity contribution in [2.24, 2.45) is 5.92 Å². The predicted octanol–water partition coefficient (Wildman–Crippen LogP) is 3.04. The fraction of sp³-hybridized carbons (Fsp3) is 0.438. The van der Waals surface area contributed by atoms with E-state index in [0.29, 0.717) is 18.4 Å². The Morgan fingerprint density at radius 1 is 1.44 bits per heavy atom. The van der Waals surface area contributed by atoms with Crippen molar-refractivity contribution in [1.82, 2.24) is 4.90 Å². The van der Waals surface area contributed by atoms with E-state index in [0.717, 1.165) is 19.4 Å². The van der Waals surface area contributed by atoms with Gasteiger partial charge in [0.15, 0.2) is 0 Å². The van der Waals surface area contributed by atoms with E-state index in [2.05, 4.69) is 37.8 Å². The molecule has 2 unspecified atom stereocenters. The monoisotopic (exact) mass is 243 g/mol. The molecule has 0 N–H and O–H groups in total. The highest BCUT2D eigenvalue weighted by atomic mass is 16.2. The Kier molecular flexibility index (Phi) is 4.19. The van der Waals surface area contributed by atoms with Gasteiger partial charge >= 0.3 is 0 Å². The minimum absolute atomic E-state index is 0.278. The molecular weight excluding hydrogens is 222 g/mol. The number of nitrogens with zero attached hydrogens (tertiary/aromatic N) is 1. The number of carbonyl (C=O) groups is 1. The van der Waals surface area contributed by atoms with Crippen LogP contribution in [-0.4, -0.2) is 23.4 Å². The maximum Gasteiger partial charge on any atom is 0.223 e. The molecule has 1 fully saturated rings. The lowest BCUT2D eigenvalue weighted by Crippen LogP contribution is -2.34. The summed E-state index contributed by atoms with van der Waals surface area (Å²) >= 11 is 0. The average Bonchev–Trinajstić information content (AvgIpc) is 2.78. The van der Waals surface area contributed by atoms with Gasteiger partial charge in [-0.2, -0.15) is 0 Å². The molecule has 1 aromatic rings. The maximum absolute atomic E-state index is 11.9. The molecule has 0 aromatic heterocycles. The molecule has 0 radical (unpaired) electrons. The van der Waals surface area contributed by atoms with Crippen LogP contribution in [0.3, 0.4) is 0 Å². The fourth-order valence-corrected chi connectivity index (χ4v) is 2.52. The van der Waals surface area contributed by atoms with Gasteiger partial charge in [-0.25, -0.2) is 0 Å². The second kappa shape index (κ2) is 5.85. The summed E-state index contributed by atoms with van der Waals surface area (Å²) in [6.45, 7) is 6.78. The summed E-state index contributed by atoms with van der Waals surface area (Å²) in [4.78, 5) is 13.9. The SMILES string of the molecule is C=CC1CC(=O)N(C(C)CCc2ccccc2)C1. The summed E-state index contributed by atoms with van der Waals surface area (Å²) in [5, 5.41) is 0. The Morgan fingerprint density at radius 3 is 2.78 bits per heavy atom. The average molecular weight is 243 g/mol. The van der Waals surface area contributed by atoms with Gasteiger partial charge in [0, 0.05) is 24.9 Å². The molecule has 1 saturated heterocycles. The van der Waals surface area contributed by atoms with Crippen molar-refractivity contribution in [3.8, 4) is 0 Å². The van der Waals surface area contributed by atoms with Crippen molar-refractivity contribution in [3.05, 3.63) is 48.6 Å². The second-order valence-corrected chi connectivity index (χ2v) is 5.12. The van der Waals surface area contributed by atoms with E-state index in [1.807, 2.05) is 17.0 Å². The van der Waals surface area contributed by atoms with Crippen LogP contribution in [0.1, 0.15) is 25.3 Å². The van der Waals surface area contributed by atoms with Crippen LogP contribution in [0.2, 0.25) is 0 Å². The molecule has 1 aliphatic rings. The van der Waals surface area contributed by atoms with Gasteiger partial charge in [-0.05, 0) is 25.3 Å². The van der Waals surface area contributed by atoms with E-state index in [9.17, 15) is 4.79 Å². The van der Waals surface area contributed by atoms with Gasteiger partial charge < -0.3 is 4.90 Å². The highest BCUT2D eigenvalue weighted by Crippen LogP contribution is 2.22. The van der Waals surface area contributed by atoms with Gasteiger partial charge in [0.2, 0.25) is 5.91 Å². The minimum atomic E-state index is 0.278. The highest BCUT2D eigenvalue weighted by Gasteiger charge is 2.30. The Bertz CT molecular complexity index is 412. The topological polar surface area (TPSA) is 20.3 Å². The minimum Gasteiger partial charge on any atom is -0.339 e. The van der Waals surface area contributed by atoms with Gasteiger partial charge in [0.25, 0.3) is 0 Å². The van der Waals surface area contributed by atoms with Crippen molar-refractivity contribution < 1.29 is 4.79 Å². The number of aryl methyl sites for hydroxylation is 1. The van der Waals surface area contributed by atoms with E-state index in [-0.39, 0.29) is 5.91 Å². The van der Waals surface area contributed by atoms with Crippen LogP contribution in [0.5, 0.6) is 0 Å². The van der Waals surface area contributed by atoms with Gasteiger partial charge in [-0.1, -0.05) is 36.4 Å². The van der Waals surface area contributed by atoms with Crippen LogP contribution in [0, 0.1) is 5.92 Å². The van der Waals surface area contributed by atoms with Crippen molar-refractivity contribution in [3.63, 3.8) is 0 Å². The second-order valence-electron chi connectivity index (χ2n) is 5.12. The quantitative estimate of drug-likeness (QED) is 0.728. The maximum atomic E-state index is 11.9. The summed E-state index contributed by atoms with van der Waals surface area (Å²) < 4.78 is 0. The molecule has 1 amide bonds. The molecule has 2 nitrogen and oxygen atoms in total. The van der Waals surface area contributed by atoms with Crippen LogP contribution in [0.25, 0.3) is 0 Å². The van der Waals surface area contributed by atoms with E-state index in [1.165, 1.54) is 5.56 Å². The van der Waals surface area contributed by atoms with Crippen molar-refractivity contribution >= 4 is 5.91 Å². The van der Waals surface area contributed by atoms with Crippen LogP contribution in [0.15, 0.2) is 43.0 Å². The molecule has 1 heterocycles. The Hall–Kier alpha value is -1.57. The molecule has 0 aliphatic carbocycles. The number of amides is 1. The van der Waals surface area contributed by atoms with E-state index in [4.69, 9.17) is 0 Å². The van der Waals surface area contributed by atoms with Crippen LogP contribution >= 0.6 is 0 Å². The van der Waals surface area contributed by atoms with Crippen molar-refractivity contribution in [2.45, 2.75) is 32.2 Å². The molecule has 1 aromatic carbocycles. The number of carbonyl (C=O) groups excluding carboxylic acids is 1. The lowest BCUT2D eigenvalue weighted by molar-refractivity contribution is -0.129. The fourth-order valence-electron chi connectivity index (χ4n) is 2.52. The normalized spacial score (nSPS) is 21.1. The summed E-state index contributed by atoms with van der Waals surface area (Å²) in [7, 11) is 0. The standard InChI is InChI=1S/C16H21NO/c1-3-14-11-16(18)17(12-14)13(2)9-10-15-7-5-4-6-8-15/h3-8,13-14H,1,9-12H2,2H3. The van der Waals surface area contributed by atoms with E-state index >= 15 is 0 Å². The first-order valence-corrected chi connectivity index (χ1v) is 6.66. The van der Waals surface area contributed by atoms with Crippen LogP contribution in [-0.2, 0) is 11.2 Å². The van der Waals surface area contributed by atoms with Gasteiger partial charge in [0.05, 0.1) is 0 Å². The summed E-state index contributed by atoms with van der Waals surface area (Å²) in [5.74, 6) is 0.622. The zero-order valence-electron chi connectivity index (χ0n) is 11.0. The molecule has 2 atom stereocenters. The Morgan fingerprint density at radius 2 is 2.17 bits per heavy atom. The van der Waals surface area contributed by atoms with E-state index < -0.39 is 0 Å². The first-order valence-electron chi connectivity index (χ1n) is 6.66. The van der Waals surface area contributed by atoms with Crippen molar-refractivity contribution in [1.29, 1.82) is 0 Å². The van der Waals surface area contributed by atoms with Gasteiger partial charge in [-0.15, -0.1) is 6.58 Å². The third-order valence-electron chi connectivity index (χ3n) is 3.75. The molecule has 2 rings (SSSR count). The lowest BCUT2D eigenvalue weighted by atomic mass is 10.1. The van der Waals surface area contributed by atoms with Gasteiger partial charge in [-0.3, -0.25) is 4.79 Å². The van der Waals surface area contributed by atoms with Crippen molar-refractivity contribution in [2.75, 3.05) is 6.54 Å². The first-order chi connectivity index (χ1) is 8.70. The summed E-state index contributed by atoms with van der Waals surface area (Å²) in [5.41, 5.74) is 1.34. The molecule has 0 saturated carbocycles. The third-order valence-corrected chi connectivity index (χ3v) is 3.75. The highest BCUT2D eigenvalue weighted by molar-refractivity contribution is 5.79. The number of hydrogen-bond acceptors (Lipinski definition) is 1. The Labute approximate surface area is 109 Å². The molecule has 2 heteroatoms. The molecule has 18 heavy (non-hydrogen) atoms. The largest absolute Gasteiger partial charge is 0.339 e. The third kappa shape index (κ3) is 3.00. The zero-order chi connectivity index (χ0) is 13.0. The van der Waals surface area contributed by atoms with Crippen LogP contribution in [0.4, 0.5) is 0 Å². The zero-order valence-corrected chi connectivity index (χ0v) is 11.0. The molecular formula is C16H21NO. The Balaban J connectivity index is 1.87. The van der Waals surface area contributed by atoms with Gasteiger partial charge in [0.1, 0.15) is 0 Å². The first kappa shape index (κ1) is 12.9. The molecule has 0 bridgehead atoms. The lowest BCUT2D eigenvalue weighted by Gasteiger charge is -2.24. The molecule has 0 spiro atoms. The van der Waals surface area contributed by atoms with E-state index in [1.54, 1.807) is 0 Å². The number of rotatable bonds is 5. The summed E-state index contributed by atoms with van der Waals surface area (Å²) in [6, 6.07) is 10.8. The number of benzene rings is 1. The summed E-state index contributed by atoms with van der Waals surface area (Å²) in [6.07, 6.45) is 4.60. The number of likely N-dealkylation sites (tertiary alicyclic amines) is 1. The van der Waals surface area contributed by atoms with Crippen LogP contribution < -0.4 is 0 Å².